The van der Waals surface area contributed by atoms with Crippen LogP contribution in [0.25, 0.3) is 11.4 Å². The van der Waals surface area contributed by atoms with Crippen molar-refractivity contribution in [2.75, 3.05) is 19.5 Å². The fourth-order valence-electron chi connectivity index (χ4n) is 1.44. The lowest BCUT2D eigenvalue weighted by Crippen LogP contribution is -1.96. The number of aromatic nitrogens is 2. The fraction of sp³-hybridized carbons (Fsp3) is 0.167. The predicted octanol–water partition coefficient (Wildman–Crippen LogP) is 2.33. The molecule has 0 radical (unpaired) electrons. The number of nitrogens with zero attached hydrogens (tertiary/aromatic N) is 2. The summed E-state index contributed by atoms with van der Waals surface area (Å²) >= 11 is 0. The standard InChI is InChI=1S/C12H12FN3O/c1-14-11-5-6-15-12(16-11)8-3-4-9(13)10(7-8)17-2/h3-7H,1-2H3,(H,14,15,16). The molecular formula is C12H12FN3O. The Bertz CT molecular complexity index is 531. The van der Waals surface area contributed by atoms with Crippen molar-refractivity contribution in [3.8, 4) is 17.1 Å². The van der Waals surface area contributed by atoms with Gasteiger partial charge in [-0.25, -0.2) is 14.4 Å². The number of nitrogens with one attached hydrogen (secondary N) is 1. The highest BCUT2D eigenvalue weighted by Gasteiger charge is 2.07. The van der Waals surface area contributed by atoms with E-state index >= 15 is 0 Å². The van der Waals surface area contributed by atoms with Crippen molar-refractivity contribution in [1.29, 1.82) is 0 Å². The lowest BCUT2D eigenvalue weighted by atomic mass is 10.2. The van der Waals surface area contributed by atoms with E-state index in [1.165, 1.54) is 13.2 Å². The molecule has 4 nitrogen and oxygen atoms in total. The van der Waals surface area contributed by atoms with Crippen molar-refractivity contribution in [2.24, 2.45) is 0 Å². The van der Waals surface area contributed by atoms with Crippen molar-refractivity contribution in [3.05, 3.63) is 36.3 Å². The molecule has 0 aliphatic heterocycles. The van der Waals surface area contributed by atoms with Gasteiger partial charge in [-0.2, -0.15) is 0 Å². The third-order valence-electron chi connectivity index (χ3n) is 2.32. The molecule has 2 aromatic rings. The summed E-state index contributed by atoms with van der Waals surface area (Å²) in [6.07, 6.45) is 1.64. The third-order valence-corrected chi connectivity index (χ3v) is 2.32. The average molecular weight is 233 g/mol. The maximum Gasteiger partial charge on any atom is 0.165 e. The lowest BCUT2D eigenvalue weighted by Gasteiger charge is -2.06. The van der Waals surface area contributed by atoms with E-state index in [1.54, 1.807) is 31.4 Å². The largest absolute Gasteiger partial charge is 0.494 e. The van der Waals surface area contributed by atoms with E-state index in [9.17, 15) is 4.39 Å². The van der Waals surface area contributed by atoms with Gasteiger partial charge in [0.25, 0.3) is 0 Å². The first-order valence-corrected chi connectivity index (χ1v) is 5.09. The van der Waals surface area contributed by atoms with Crippen LogP contribution in [-0.2, 0) is 0 Å². The van der Waals surface area contributed by atoms with Crippen LogP contribution >= 0.6 is 0 Å². The highest BCUT2D eigenvalue weighted by molar-refractivity contribution is 5.59. The van der Waals surface area contributed by atoms with Gasteiger partial charge in [-0.05, 0) is 24.3 Å². The number of halogens is 1. The molecule has 0 aliphatic rings. The summed E-state index contributed by atoms with van der Waals surface area (Å²) in [7, 11) is 3.20. The van der Waals surface area contributed by atoms with E-state index in [2.05, 4.69) is 15.3 Å². The van der Waals surface area contributed by atoms with Crippen molar-refractivity contribution >= 4 is 5.82 Å². The molecule has 88 valence electrons. The minimum Gasteiger partial charge on any atom is -0.494 e. The van der Waals surface area contributed by atoms with Crippen molar-refractivity contribution < 1.29 is 9.13 Å². The second kappa shape index (κ2) is 4.78. The zero-order valence-corrected chi connectivity index (χ0v) is 9.57. The van der Waals surface area contributed by atoms with Gasteiger partial charge in [-0.1, -0.05) is 0 Å². The van der Waals surface area contributed by atoms with Gasteiger partial charge in [0.2, 0.25) is 0 Å². The van der Waals surface area contributed by atoms with Crippen molar-refractivity contribution in [3.63, 3.8) is 0 Å². The molecule has 0 aliphatic carbocycles. The Morgan fingerprint density at radius 1 is 1.29 bits per heavy atom. The van der Waals surface area contributed by atoms with Gasteiger partial charge in [-0.3, -0.25) is 0 Å². The number of hydrogen-bond donors (Lipinski definition) is 1. The Kier molecular flexibility index (Phi) is 3.18. The molecule has 2 rings (SSSR count). The molecule has 0 amide bonds. The van der Waals surface area contributed by atoms with E-state index < -0.39 is 5.82 Å². The summed E-state index contributed by atoms with van der Waals surface area (Å²) in [5, 5.41) is 2.92. The first-order chi connectivity index (χ1) is 8.24. The summed E-state index contributed by atoms with van der Waals surface area (Å²) in [5.41, 5.74) is 0.709. The van der Waals surface area contributed by atoms with Crippen LogP contribution in [0, 0.1) is 5.82 Å². The molecule has 17 heavy (non-hydrogen) atoms. The van der Waals surface area contributed by atoms with Gasteiger partial charge < -0.3 is 10.1 Å². The third kappa shape index (κ3) is 2.33. The smallest absolute Gasteiger partial charge is 0.165 e. The van der Waals surface area contributed by atoms with Gasteiger partial charge in [-0.15, -0.1) is 0 Å². The molecule has 1 heterocycles. The molecule has 0 fully saturated rings. The Morgan fingerprint density at radius 3 is 2.82 bits per heavy atom. The molecule has 0 saturated carbocycles. The van der Waals surface area contributed by atoms with Crippen LogP contribution in [0.4, 0.5) is 10.2 Å². The van der Waals surface area contributed by atoms with E-state index in [0.29, 0.717) is 17.2 Å². The first-order valence-electron chi connectivity index (χ1n) is 5.09. The molecule has 1 aromatic carbocycles. The minimum atomic E-state index is -0.402. The van der Waals surface area contributed by atoms with Crippen LogP contribution in [0.3, 0.4) is 0 Å². The summed E-state index contributed by atoms with van der Waals surface area (Å²) in [6, 6.07) is 6.28. The molecule has 0 bridgehead atoms. The molecule has 0 spiro atoms. The van der Waals surface area contributed by atoms with Gasteiger partial charge in [0.05, 0.1) is 7.11 Å². The van der Waals surface area contributed by atoms with E-state index in [4.69, 9.17) is 4.74 Å². The summed E-state index contributed by atoms with van der Waals surface area (Å²) < 4.78 is 18.2. The first kappa shape index (κ1) is 11.3. The Morgan fingerprint density at radius 2 is 2.12 bits per heavy atom. The number of rotatable bonds is 3. The van der Waals surface area contributed by atoms with E-state index in [-0.39, 0.29) is 5.75 Å². The van der Waals surface area contributed by atoms with Gasteiger partial charge in [0.1, 0.15) is 5.82 Å². The second-order valence-corrected chi connectivity index (χ2v) is 3.36. The van der Waals surface area contributed by atoms with E-state index in [0.717, 1.165) is 0 Å². The lowest BCUT2D eigenvalue weighted by molar-refractivity contribution is 0.387. The topological polar surface area (TPSA) is 47.0 Å². The Hall–Kier alpha value is -2.17. The van der Waals surface area contributed by atoms with Gasteiger partial charge >= 0.3 is 0 Å². The van der Waals surface area contributed by atoms with Gasteiger partial charge in [0.15, 0.2) is 17.4 Å². The van der Waals surface area contributed by atoms with Crippen molar-refractivity contribution in [2.45, 2.75) is 0 Å². The maximum atomic E-state index is 13.3. The quantitative estimate of drug-likeness (QED) is 0.883. The van der Waals surface area contributed by atoms with E-state index in [1.807, 2.05) is 0 Å². The SMILES string of the molecule is CNc1ccnc(-c2ccc(F)c(OC)c2)n1. The van der Waals surface area contributed by atoms with Crippen LogP contribution in [0.15, 0.2) is 30.5 Å². The number of benzene rings is 1. The summed E-state index contributed by atoms with van der Waals surface area (Å²) in [5.74, 6) is 1.01. The molecule has 0 unspecified atom stereocenters. The van der Waals surface area contributed by atoms with Crippen molar-refractivity contribution in [1.82, 2.24) is 9.97 Å². The molecule has 5 heteroatoms. The molecular weight excluding hydrogens is 221 g/mol. The Labute approximate surface area is 98.5 Å². The Balaban J connectivity index is 2.45. The monoisotopic (exact) mass is 233 g/mol. The number of anilines is 1. The zero-order valence-electron chi connectivity index (χ0n) is 9.57. The second-order valence-electron chi connectivity index (χ2n) is 3.36. The normalized spacial score (nSPS) is 10.1. The van der Waals surface area contributed by atoms with Crippen LogP contribution in [0.1, 0.15) is 0 Å². The zero-order chi connectivity index (χ0) is 12.3. The van der Waals surface area contributed by atoms with Crippen LogP contribution in [-0.4, -0.2) is 24.1 Å². The average Bonchev–Trinajstić information content (AvgIpc) is 2.39. The minimum absolute atomic E-state index is 0.181. The maximum absolute atomic E-state index is 13.3. The van der Waals surface area contributed by atoms with Crippen LogP contribution < -0.4 is 10.1 Å². The summed E-state index contributed by atoms with van der Waals surface area (Å²) in [6.45, 7) is 0. The van der Waals surface area contributed by atoms with Crippen LogP contribution in [0.5, 0.6) is 5.75 Å². The molecule has 1 N–H and O–H groups in total. The number of methoxy groups -OCH3 is 1. The van der Waals surface area contributed by atoms with Gasteiger partial charge in [0, 0.05) is 18.8 Å². The molecule has 1 aromatic heterocycles. The summed E-state index contributed by atoms with van der Waals surface area (Å²) in [4.78, 5) is 8.40. The molecule has 0 saturated heterocycles. The number of ether oxygens (including phenoxy) is 1. The number of hydrogen-bond acceptors (Lipinski definition) is 4. The highest BCUT2D eigenvalue weighted by atomic mass is 19.1. The predicted molar refractivity (Wildman–Crippen MR) is 63.5 cm³/mol. The fourth-order valence-corrected chi connectivity index (χ4v) is 1.44. The molecule has 0 atom stereocenters. The highest BCUT2D eigenvalue weighted by Crippen LogP contribution is 2.24. The van der Waals surface area contributed by atoms with Crippen LogP contribution in [0.2, 0.25) is 0 Å².